The molecule has 0 saturated carbocycles. The van der Waals surface area contributed by atoms with E-state index in [4.69, 9.17) is 0 Å². The van der Waals surface area contributed by atoms with E-state index in [2.05, 4.69) is 15.0 Å². The fourth-order valence-corrected chi connectivity index (χ4v) is 4.30. The van der Waals surface area contributed by atoms with Gasteiger partial charge in [0.25, 0.3) is 10.0 Å². The minimum atomic E-state index is -3.62. The summed E-state index contributed by atoms with van der Waals surface area (Å²) >= 11 is 0. The lowest BCUT2D eigenvalue weighted by atomic mass is 10.0. The summed E-state index contributed by atoms with van der Waals surface area (Å²) in [5, 5.41) is 2.85. The van der Waals surface area contributed by atoms with Gasteiger partial charge in [0.1, 0.15) is 12.4 Å². The van der Waals surface area contributed by atoms with Crippen LogP contribution in [0, 0.1) is 0 Å². The number of amides is 1. The topological polar surface area (TPSA) is 87.6 Å². The van der Waals surface area contributed by atoms with Gasteiger partial charge in [-0.1, -0.05) is 60.7 Å². The molecular weight excluding hydrogens is 374 g/mol. The van der Waals surface area contributed by atoms with E-state index in [9.17, 15) is 13.2 Å². The van der Waals surface area contributed by atoms with Crippen molar-refractivity contribution in [3.63, 3.8) is 0 Å². The van der Waals surface area contributed by atoms with Gasteiger partial charge in [-0.05, 0) is 23.8 Å². The van der Waals surface area contributed by atoms with Crippen molar-refractivity contribution in [2.75, 3.05) is 11.9 Å². The maximum absolute atomic E-state index is 12.4. The molecule has 28 heavy (non-hydrogen) atoms. The van der Waals surface area contributed by atoms with Crippen molar-refractivity contribution in [3.8, 4) is 11.1 Å². The predicted octanol–water partition coefficient (Wildman–Crippen LogP) is 3.03. The summed E-state index contributed by atoms with van der Waals surface area (Å²) in [7, 11) is -3.62. The SMILES string of the molecule is O=C(CN=C1NS(=O)(=O)c2ccccc21)Nc1ccccc1-c1ccccc1. The van der Waals surface area contributed by atoms with Crippen LogP contribution in [-0.2, 0) is 14.8 Å². The first-order chi connectivity index (χ1) is 13.5. The number of sulfonamides is 1. The molecule has 0 saturated heterocycles. The molecule has 1 aliphatic rings. The molecule has 2 N–H and O–H groups in total. The summed E-state index contributed by atoms with van der Waals surface area (Å²) in [5.41, 5.74) is 3.03. The molecule has 1 amide bonds. The van der Waals surface area contributed by atoms with Crippen LogP contribution in [0.2, 0.25) is 0 Å². The molecular formula is C21H17N3O3S. The molecule has 0 fully saturated rings. The van der Waals surface area contributed by atoms with Crippen LogP contribution < -0.4 is 10.0 Å². The molecule has 0 atom stereocenters. The number of carbonyl (C=O) groups is 1. The average Bonchev–Trinajstić information content (AvgIpc) is 2.98. The van der Waals surface area contributed by atoms with Crippen LogP contribution in [0.15, 0.2) is 88.8 Å². The second kappa shape index (κ2) is 7.28. The van der Waals surface area contributed by atoms with E-state index in [1.165, 1.54) is 6.07 Å². The molecule has 0 unspecified atom stereocenters. The Morgan fingerprint density at radius 2 is 1.50 bits per heavy atom. The normalized spacial score (nSPS) is 15.6. The van der Waals surface area contributed by atoms with Crippen molar-refractivity contribution in [2.24, 2.45) is 4.99 Å². The number of aliphatic imine (C=N–C) groups is 1. The van der Waals surface area contributed by atoms with Crippen LogP contribution in [0.25, 0.3) is 11.1 Å². The average molecular weight is 391 g/mol. The van der Waals surface area contributed by atoms with Gasteiger partial charge in [0.15, 0.2) is 0 Å². The lowest BCUT2D eigenvalue weighted by Crippen LogP contribution is -2.24. The molecule has 0 radical (unpaired) electrons. The van der Waals surface area contributed by atoms with E-state index >= 15 is 0 Å². The van der Waals surface area contributed by atoms with Gasteiger partial charge in [0.05, 0.1) is 4.90 Å². The molecule has 0 bridgehead atoms. The Morgan fingerprint density at radius 3 is 2.29 bits per heavy atom. The molecule has 6 nitrogen and oxygen atoms in total. The molecule has 140 valence electrons. The zero-order valence-corrected chi connectivity index (χ0v) is 15.6. The molecule has 7 heteroatoms. The Bertz CT molecular complexity index is 1170. The van der Waals surface area contributed by atoms with Gasteiger partial charge in [-0.2, -0.15) is 0 Å². The van der Waals surface area contributed by atoms with E-state index in [0.717, 1.165) is 11.1 Å². The molecule has 4 rings (SSSR count). The molecule has 3 aromatic rings. The Kier molecular flexibility index (Phi) is 4.67. The summed E-state index contributed by atoms with van der Waals surface area (Å²) in [5.74, 6) is -0.151. The molecule has 1 aliphatic heterocycles. The predicted molar refractivity (Wildman–Crippen MR) is 109 cm³/mol. The fraction of sp³-hybridized carbons (Fsp3) is 0.0476. The van der Waals surface area contributed by atoms with Gasteiger partial charge in [-0.25, -0.2) is 8.42 Å². The number of hydrogen-bond acceptors (Lipinski definition) is 4. The van der Waals surface area contributed by atoms with Crippen LogP contribution >= 0.6 is 0 Å². The Balaban J connectivity index is 1.54. The number of para-hydroxylation sites is 1. The summed E-state index contributed by atoms with van der Waals surface area (Å²) in [6, 6.07) is 23.8. The highest BCUT2D eigenvalue weighted by Crippen LogP contribution is 2.27. The van der Waals surface area contributed by atoms with Crippen LogP contribution in [0.4, 0.5) is 5.69 Å². The Hall–Kier alpha value is -3.45. The first-order valence-corrected chi connectivity index (χ1v) is 10.1. The molecule has 0 spiro atoms. The summed E-state index contributed by atoms with van der Waals surface area (Å²) in [4.78, 5) is 16.8. The fourth-order valence-electron chi connectivity index (χ4n) is 3.05. The van der Waals surface area contributed by atoms with E-state index in [1.54, 1.807) is 18.2 Å². The minimum Gasteiger partial charge on any atom is -0.324 e. The monoisotopic (exact) mass is 391 g/mol. The van der Waals surface area contributed by atoms with Crippen LogP contribution in [0.5, 0.6) is 0 Å². The van der Waals surface area contributed by atoms with Crippen LogP contribution in [0.3, 0.4) is 0 Å². The van der Waals surface area contributed by atoms with Crippen molar-refractivity contribution in [2.45, 2.75) is 4.90 Å². The molecule has 0 aromatic heterocycles. The number of anilines is 1. The lowest BCUT2D eigenvalue weighted by molar-refractivity contribution is -0.114. The highest BCUT2D eigenvalue weighted by Gasteiger charge is 2.30. The van der Waals surface area contributed by atoms with Crippen molar-refractivity contribution in [3.05, 3.63) is 84.4 Å². The molecule has 0 aliphatic carbocycles. The largest absolute Gasteiger partial charge is 0.324 e. The number of amidine groups is 1. The third kappa shape index (κ3) is 3.52. The maximum atomic E-state index is 12.4. The number of hydrogen-bond donors (Lipinski definition) is 2. The smallest absolute Gasteiger partial charge is 0.263 e. The number of nitrogens with one attached hydrogen (secondary N) is 2. The highest BCUT2D eigenvalue weighted by molar-refractivity contribution is 7.90. The number of carbonyl (C=O) groups excluding carboxylic acids is 1. The van der Waals surface area contributed by atoms with Gasteiger partial charge in [0, 0.05) is 16.8 Å². The summed E-state index contributed by atoms with van der Waals surface area (Å²) < 4.78 is 26.6. The van der Waals surface area contributed by atoms with Crippen molar-refractivity contribution >= 4 is 27.5 Å². The first-order valence-electron chi connectivity index (χ1n) is 8.65. The third-order valence-electron chi connectivity index (χ3n) is 4.33. The van der Waals surface area contributed by atoms with Crippen molar-refractivity contribution in [1.29, 1.82) is 0 Å². The summed E-state index contributed by atoms with van der Waals surface area (Å²) in [6.45, 7) is -0.199. The van der Waals surface area contributed by atoms with E-state index in [1.807, 2.05) is 54.6 Å². The highest BCUT2D eigenvalue weighted by atomic mass is 32.2. The van der Waals surface area contributed by atoms with Gasteiger partial charge in [0.2, 0.25) is 5.91 Å². The Morgan fingerprint density at radius 1 is 0.857 bits per heavy atom. The van der Waals surface area contributed by atoms with Gasteiger partial charge < -0.3 is 5.32 Å². The van der Waals surface area contributed by atoms with Gasteiger partial charge in [-0.15, -0.1) is 0 Å². The standard InChI is InChI=1S/C21H17N3O3S/c25-20(14-22-21-17-11-5-7-13-19(17)28(26,27)24-21)23-18-12-6-4-10-16(18)15-8-2-1-3-9-15/h1-13H,14H2,(H,22,24)(H,23,25). The van der Waals surface area contributed by atoms with E-state index in [0.29, 0.717) is 11.3 Å². The van der Waals surface area contributed by atoms with Crippen LogP contribution in [0.1, 0.15) is 5.56 Å². The Labute approximate surface area is 163 Å². The number of rotatable bonds is 4. The number of nitrogens with zero attached hydrogens (tertiary/aromatic N) is 1. The number of fused-ring (bicyclic) bond motifs is 1. The first kappa shape index (κ1) is 17.9. The maximum Gasteiger partial charge on any atom is 0.263 e. The van der Waals surface area contributed by atoms with Crippen molar-refractivity contribution in [1.82, 2.24) is 4.72 Å². The zero-order valence-electron chi connectivity index (χ0n) is 14.8. The minimum absolute atomic E-state index is 0.170. The molecule has 1 heterocycles. The lowest BCUT2D eigenvalue weighted by Gasteiger charge is -2.10. The second-order valence-electron chi connectivity index (χ2n) is 6.23. The van der Waals surface area contributed by atoms with E-state index < -0.39 is 10.0 Å². The quantitative estimate of drug-likeness (QED) is 0.717. The second-order valence-corrected chi connectivity index (χ2v) is 7.88. The van der Waals surface area contributed by atoms with Gasteiger partial charge >= 0.3 is 0 Å². The third-order valence-corrected chi connectivity index (χ3v) is 5.73. The van der Waals surface area contributed by atoms with Crippen LogP contribution in [-0.4, -0.2) is 26.7 Å². The zero-order chi connectivity index (χ0) is 19.6. The molecule has 3 aromatic carbocycles. The van der Waals surface area contributed by atoms with Crippen molar-refractivity contribution < 1.29 is 13.2 Å². The van der Waals surface area contributed by atoms with E-state index in [-0.39, 0.29) is 23.2 Å². The van der Waals surface area contributed by atoms with Gasteiger partial charge in [-0.3, -0.25) is 14.5 Å². The number of benzene rings is 3. The summed E-state index contributed by atoms with van der Waals surface area (Å²) in [6.07, 6.45) is 0.